The summed E-state index contributed by atoms with van der Waals surface area (Å²) in [6.07, 6.45) is 0.981. The molecule has 2 amide bonds. The molecule has 1 saturated heterocycles. The van der Waals surface area contributed by atoms with Crippen LogP contribution < -0.4 is 10.6 Å². The molecule has 1 aromatic carbocycles. The van der Waals surface area contributed by atoms with Crippen molar-refractivity contribution in [2.75, 3.05) is 26.2 Å². The van der Waals surface area contributed by atoms with Crippen LogP contribution in [0.3, 0.4) is 0 Å². The minimum Gasteiger partial charge on any atom is -0.314 e. The molecule has 1 aliphatic rings. The first-order valence-electron chi connectivity index (χ1n) is 7.14. The summed E-state index contributed by atoms with van der Waals surface area (Å²) in [6.45, 7) is 4.99. The fourth-order valence-electron chi connectivity index (χ4n) is 2.23. The molecule has 1 aromatic rings. The molecule has 0 atom stereocenters. The molecule has 0 saturated carbocycles. The third kappa shape index (κ3) is 4.52. The second kappa shape index (κ2) is 7.54. The first-order valence-corrected chi connectivity index (χ1v) is 7.52. The van der Waals surface area contributed by atoms with E-state index in [1.54, 1.807) is 24.3 Å². The molecule has 0 spiro atoms. The summed E-state index contributed by atoms with van der Waals surface area (Å²) in [6, 6.07) is 6.85. The van der Waals surface area contributed by atoms with Crippen LogP contribution in [0.5, 0.6) is 0 Å². The topological polar surface area (TPSA) is 61.4 Å². The van der Waals surface area contributed by atoms with Crippen molar-refractivity contribution in [2.24, 2.45) is 0 Å². The number of imide groups is 1. The highest BCUT2D eigenvalue weighted by Crippen LogP contribution is 2.09. The molecule has 1 heterocycles. The van der Waals surface area contributed by atoms with E-state index < -0.39 is 0 Å². The smallest absolute Gasteiger partial charge is 0.257 e. The van der Waals surface area contributed by atoms with Gasteiger partial charge in [0, 0.05) is 29.7 Å². The predicted molar refractivity (Wildman–Crippen MR) is 82.4 cm³/mol. The van der Waals surface area contributed by atoms with E-state index in [1.807, 2.05) is 0 Å². The van der Waals surface area contributed by atoms with Crippen molar-refractivity contribution in [1.82, 2.24) is 15.5 Å². The summed E-state index contributed by atoms with van der Waals surface area (Å²) in [5, 5.41) is 6.18. The number of nitrogens with zero attached hydrogens (tertiary/aromatic N) is 1. The van der Waals surface area contributed by atoms with Crippen LogP contribution in [0.4, 0.5) is 0 Å². The number of benzene rings is 1. The lowest BCUT2D eigenvalue weighted by molar-refractivity contribution is -0.122. The van der Waals surface area contributed by atoms with Gasteiger partial charge in [0.1, 0.15) is 0 Å². The molecule has 0 aliphatic carbocycles. The van der Waals surface area contributed by atoms with Crippen LogP contribution in [0.2, 0.25) is 5.02 Å². The van der Waals surface area contributed by atoms with Crippen LogP contribution in [0.15, 0.2) is 24.3 Å². The van der Waals surface area contributed by atoms with E-state index in [-0.39, 0.29) is 18.4 Å². The Hall–Kier alpha value is -1.43. The molecule has 0 unspecified atom stereocenters. The maximum atomic E-state index is 12.0. The van der Waals surface area contributed by atoms with E-state index in [0.717, 1.165) is 26.1 Å². The summed E-state index contributed by atoms with van der Waals surface area (Å²) in [5.41, 5.74) is 0.431. The third-order valence-corrected chi connectivity index (χ3v) is 3.75. The van der Waals surface area contributed by atoms with Gasteiger partial charge in [-0.15, -0.1) is 0 Å². The van der Waals surface area contributed by atoms with E-state index in [0.29, 0.717) is 16.6 Å². The van der Waals surface area contributed by atoms with Gasteiger partial charge in [0.25, 0.3) is 5.91 Å². The van der Waals surface area contributed by atoms with Gasteiger partial charge in [-0.2, -0.15) is 0 Å². The number of amides is 2. The number of halogens is 1. The Labute approximate surface area is 129 Å². The van der Waals surface area contributed by atoms with Crippen LogP contribution >= 0.6 is 11.6 Å². The Morgan fingerprint density at radius 1 is 1.33 bits per heavy atom. The maximum absolute atomic E-state index is 12.0. The molecule has 0 radical (unpaired) electrons. The summed E-state index contributed by atoms with van der Waals surface area (Å²) < 4.78 is 0. The summed E-state index contributed by atoms with van der Waals surface area (Å²) in [7, 11) is 0. The zero-order chi connectivity index (χ0) is 15.2. The normalized spacial score (nSPS) is 14.8. The lowest BCUT2D eigenvalue weighted by Crippen LogP contribution is -2.59. The number of hydrogen-bond donors (Lipinski definition) is 2. The van der Waals surface area contributed by atoms with Crippen molar-refractivity contribution in [3.8, 4) is 0 Å². The lowest BCUT2D eigenvalue weighted by atomic mass is 10.1. The molecule has 0 bridgehead atoms. The van der Waals surface area contributed by atoms with E-state index in [2.05, 4.69) is 22.5 Å². The zero-order valence-electron chi connectivity index (χ0n) is 12.1. The maximum Gasteiger partial charge on any atom is 0.257 e. The van der Waals surface area contributed by atoms with Crippen molar-refractivity contribution in [2.45, 2.75) is 19.4 Å². The fourth-order valence-corrected chi connectivity index (χ4v) is 2.36. The van der Waals surface area contributed by atoms with Gasteiger partial charge in [0.2, 0.25) is 5.91 Å². The van der Waals surface area contributed by atoms with Crippen molar-refractivity contribution in [3.63, 3.8) is 0 Å². The Balaban J connectivity index is 1.87. The van der Waals surface area contributed by atoms with E-state index in [1.165, 1.54) is 0 Å². The SMILES string of the molecule is CCCN(CC(=O)NC(=O)c1ccc(Cl)cc1)C1CNC1. The van der Waals surface area contributed by atoms with Crippen molar-refractivity contribution >= 4 is 23.4 Å². The molecule has 1 fully saturated rings. The number of carbonyl (C=O) groups is 2. The summed E-state index contributed by atoms with van der Waals surface area (Å²) >= 11 is 5.77. The van der Waals surface area contributed by atoms with Crippen LogP contribution in [-0.4, -0.2) is 48.9 Å². The number of nitrogens with one attached hydrogen (secondary N) is 2. The van der Waals surface area contributed by atoms with Gasteiger partial charge in [0.15, 0.2) is 0 Å². The first-order chi connectivity index (χ1) is 10.1. The molecule has 2 rings (SSSR count). The Morgan fingerprint density at radius 2 is 2.00 bits per heavy atom. The van der Waals surface area contributed by atoms with Gasteiger partial charge in [0.05, 0.1) is 6.54 Å². The average molecular weight is 310 g/mol. The average Bonchev–Trinajstić information content (AvgIpc) is 2.37. The summed E-state index contributed by atoms with van der Waals surface area (Å²) in [5.74, 6) is -0.657. The Kier molecular flexibility index (Phi) is 5.73. The predicted octanol–water partition coefficient (Wildman–Crippen LogP) is 1.28. The molecule has 1 aliphatic heterocycles. The Bertz CT molecular complexity index is 500. The molecule has 6 heteroatoms. The second-order valence-corrected chi connectivity index (χ2v) is 5.60. The third-order valence-electron chi connectivity index (χ3n) is 3.49. The molecule has 21 heavy (non-hydrogen) atoms. The molecular weight excluding hydrogens is 290 g/mol. The van der Waals surface area contributed by atoms with E-state index >= 15 is 0 Å². The molecular formula is C15H20ClN3O2. The highest BCUT2D eigenvalue weighted by atomic mass is 35.5. The van der Waals surface area contributed by atoms with Crippen LogP contribution in [-0.2, 0) is 4.79 Å². The van der Waals surface area contributed by atoms with Crippen molar-refractivity contribution in [3.05, 3.63) is 34.9 Å². The molecule has 0 aromatic heterocycles. The van der Waals surface area contributed by atoms with Crippen LogP contribution in [0.1, 0.15) is 23.7 Å². The highest BCUT2D eigenvalue weighted by Gasteiger charge is 2.25. The van der Waals surface area contributed by atoms with Gasteiger partial charge in [-0.3, -0.25) is 19.8 Å². The standard InChI is InChI=1S/C15H20ClN3O2/c1-2-7-19(13-8-17-9-13)10-14(20)18-15(21)11-3-5-12(16)6-4-11/h3-6,13,17H,2,7-10H2,1H3,(H,18,20,21). The van der Waals surface area contributed by atoms with E-state index in [9.17, 15) is 9.59 Å². The quantitative estimate of drug-likeness (QED) is 0.831. The largest absolute Gasteiger partial charge is 0.314 e. The molecule has 2 N–H and O–H groups in total. The number of carbonyl (C=O) groups excluding carboxylic acids is 2. The Morgan fingerprint density at radius 3 is 2.52 bits per heavy atom. The molecule has 5 nitrogen and oxygen atoms in total. The monoisotopic (exact) mass is 309 g/mol. The lowest BCUT2D eigenvalue weighted by Gasteiger charge is -2.37. The van der Waals surface area contributed by atoms with Gasteiger partial charge in [-0.05, 0) is 37.2 Å². The van der Waals surface area contributed by atoms with Crippen molar-refractivity contribution < 1.29 is 9.59 Å². The van der Waals surface area contributed by atoms with Gasteiger partial charge in [-0.1, -0.05) is 18.5 Å². The van der Waals surface area contributed by atoms with Crippen LogP contribution in [0, 0.1) is 0 Å². The minimum absolute atomic E-state index is 0.250. The highest BCUT2D eigenvalue weighted by molar-refractivity contribution is 6.30. The fraction of sp³-hybridized carbons (Fsp3) is 0.467. The first kappa shape index (κ1) is 15.9. The van der Waals surface area contributed by atoms with Gasteiger partial charge >= 0.3 is 0 Å². The number of hydrogen-bond acceptors (Lipinski definition) is 4. The van der Waals surface area contributed by atoms with Crippen molar-refractivity contribution in [1.29, 1.82) is 0 Å². The minimum atomic E-state index is -0.389. The number of rotatable bonds is 6. The van der Waals surface area contributed by atoms with Gasteiger partial charge in [-0.25, -0.2) is 0 Å². The summed E-state index contributed by atoms with van der Waals surface area (Å²) in [4.78, 5) is 26.1. The second-order valence-electron chi connectivity index (χ2n) is 5.17. The van der Waals surface area contributed by atoms with E-state index in [4.69, 9.17) is 11.6 Å². The molecule has 114 valence electrons. The van der Waals surface area contributed by atoms with Crippen LogP contribution in [0.25, 0.3) is 0 Å². The zero-order valence-corrected chi connectivity index (χ0v) is 12.8. The van der Waals surface area contributed by atoms with Gasteiger partial charge < -0.3 is 5.32 Å².